The lowest BCUT2D eigenvalue weighted by atomic mass is 10.1. The van der Waals surface area contributed by atoms with Crippen LogP contribution in [0.2, 0.25) is 0 Å². The highest BCUT2D eigenvalue weighted by Gasteiger charge is 2.06. The first-order valence-electron chi connectivity index (χ1n) is 7.06. The monoisotopic (exact) mass is 300 g/mol. The van der Waals surface area contributed by atoms with E-state index in [1.54, 1.807) is 25.3 Å². The van der Waals surface area contributed by atoms with Crippen LogP contribution >= 0.6 is 0 Å². The first-order valence-corrected chi connectivity index (χ1v) is 7.06. The zero-order chi connectivity index (χ0) is 15.9. The topological polar surface area (TPSA) is 70.6 Å². The van der Waals surface area contributed by atoms with Crippen LogP contribution in [-0.2, 0) is 6.42 Å². The van der Waals surface area contributed by atoms with Crippen molar-refractivity contribution in [3.05, 3.63) is 53.6 Å². The molecule has 0 saturated heterocycles. The number of anilines is 1. The van der Waals surface area contributed by atoms with Gasteiger partial charge in [-0.25, -0.2) is 4.79 Å². The molecule has 2 amide bonds. The Bertz CT molecular complexity index is 656. The van der Waals surface area contributed by atoms with E-state index in [2.05, 4.69) is 10.6 Å². The molecule has 22 heavy (non-hydrogen) atoms. The number of ether oxygens (including phenoxy) is 1. The van der Waals surface area contributed by atoms with Crippen LogP contribution in [0.4, 0.5) is 10.5 Å². The number of amides is 2. The number of hydrogen-bond donors (Lipinski definition) is 3. The van der Waals surface area contributed by atoms with Gasteiger partial charge >= 0.3 is 6.03 Å². The summed E-state index contributed by atoms with van der Waals surface area (Å²) < 4.78 is 5.16. The Morgan fingerprint density at radius 1 is 1.23 bits per heavy atom. The fourth-order valence-corrected chi connectivity index (χ4v) is 2.06. The van der Waals surface area contributed by atoms with Gasteiger partial charge in [-0.3, -0.25) is 0 Å². The number of aromatic hydroxyl groups is 1. The third kappa shape index (κ3) is 4.41. The lowest BCUT2D eigenvalue weighted by molar-refractivity contribution is 0.252. The second-order valence-electron chi connectivity index (χ2n) is 5.00. The molecular weight excluding hydrogens is 280 g/mol. The van der Waals surface area contributed by atoms with Crippen molar-refractivity contribution >= 4 is 11.7 Å². The summed E-state index contributed by atoms with van der Waals surface area (Å²) in [6.07, 6.45) is 0.699. The van der Waals surface area contributed by atoms with Gasteiger partial charge in [-0.2, -0.15) is 0 Å². The Hall–Kier alpha value is -2.69. The van der Waals surface area contributed by atoms with Crippen molar-refractivity contribution in [2.45, 2.75) is 13.3 Å². The molecule has 2 rings (SSSR count). The van der Waals surface area contributed by atoms with Crippen molar-refractivity contribution < 1.29 is 14.6 Å². The van der Waals surface area contributed by atoms with Crippen molar-refractivity contribution in [2.75, 3.05) is 19.0 Å². The number of carbonyl (C=O) groups is 1. The van der Waals surface area contributed by atoms with E-state index in [0.29, 0.717) is 18.7 Å². The Labute approximate surface area is 129 Å². The van der Waals surface area contributed by atoms with Crippen molar-refractivity contribution in [1.82, 2.24) is 5.32 Å². The highest BCUT2D eigenvalue weighted by molar-refractivity contribution is 5.90. The van der Waals surface area contributed by atoms with E-state index in [9.17, 15) is 9.90 Å². The normalized spacial score (nSPS) is 10.1. The van der Waals surface area contributed by atoms with Gasteiger partial charge in [0.1, 0.15) is 11.5 Å². The minimum absolute atomic E-state index is 0.0496. The summed E-state index contributed by atoms with van der Waals surface area (Å²) in [5.41, 5.74) is 2.45. The molecule has 0 spiro atoms. The fourth-order valence-electron chi connectivity index (χ4n) is 2.06. The lowest BCUT2D eigenvalue weighted by Crippen LogP contribution is -2.30. The summed E-state index contributed by atoms with van der Waals surface area (Å²) in [5.74, 6) is 0.847. The molecule has 0 aliphatic carbocycles. The van der Waals surface area contributed by atoms with Gasteiger partial charge in [-0.15, -0.1) is 0 Å². The van der Waals surface area contributed by atoms with Gasteiger partial charge in [-0.1, -0.05) is 18.2 Å². The molecule has 0 atom stereocenters. The first kappa shape index (κ1) is 15.7. The molecule has 0 radical (unpaired) electrons. The molecule has 3 N–H and O–H groups in total. The molecule has 0 aromatic heterocycles. The van der Waals surface area contributed by atoms with Gasteiger partial charge in [-0.05, 0) is 48.7 Å². The van der Waals surface area contributed by atoms with Crippen molar-refractivity contribution in [2.24, 2.45) is 0 Å². The predicted octanol–water partition coefficient (Wildman–Crippen LogP) is 3.07. The number of aryl methyl sites for hydroxylation is 1. The number of rotatable bonds is 5. The molecule has 0 heterocycles. The Morgan fingerprint density at radius 3 is 2.82 bits per heavy atom. The van der Waals surface area contributed by atoms with Crippen LogP contribution in [-0.4, -0.2) is 24.8 Å². The number of nitrogens with one attached hydrogen (secondary N) is 2. The molecule has 0 saturated carbocycles. The van der Waals surface area contributed by atoms with Crippen molar-refractivity contribution in [3.8, 4) is 11.5 Å². The molecule has 2 aromatic rings. The molecule has 5 nitrogen and oxygen atoms in total. The quantitative estimate of drug-likeness (QED) is 0.743. The van der Waals surface area contributed by atoms with E-state index in [-0.39, 0.29) is 11.8 Å². The third-order valence-electron chi connectivity index (χ3n) is 3.23. The molecular formula is C17H20N2O3. The molecule has 0 aliphatic rings. The minimum Gasteiger partial charge on any atom is -0.506 e. The maximum Gasteiger partial charge on any atom is 0.319 e. The summed E-state index contributed by atoms with van der Waals surface area (Å²) in [5, 5.41) is 15.1. The van der Waals surface area contributed by atoms with E-state index < -0.39 is 0 Å². The first-order chi connectivity index (χ1) is 10.6. The molecule has 0 fully saturated rings. The maximum atomic E-state index is 11.8. The highest BCUT2D eigenvalue weighted by atomic mass is 16.5. The van der Waals surface area contributed by atoms with Crippen LogP contribution in [0.25, 0.3) is 0 Å². The van der Waals surface area contributed by atoms with Crippen LogP contribution in [0, 0.1) is 6.92 Å². The number of phenols is 1. The number of carbonyl (C=O) groups excluding carboxylic acids is 1. The average Bonchev–Trinajstić information content (AvgIpc) is 2.51. The fraction of sp³-hybridized carbons (Fsp3) is 0.235. The summed E-state index contributed by atoms with van der Waals surface area (Å²) in [7, 11) is 1.62. The summed E-state index contributed by atoms with van der Waals surface area (Å²) in [4.78, 5) is 11.8. The zero-order valence-corrected chi connectivity index (χ0v) is 12.7. The largest absolute Gasteiger partial charge is 0.506 e. The van der Waals surface area contributed by atoms with Crippen LogP contribution in [0.15, 0.2) is 42.5 Å². The second-order valence-corrected chi connectivity index (χ2v) is 5.00. The number of methoxy groups -OCH3 is 1. The number of hydrogen-bond acceptors (Lipinski definition) is 3. The van der Waals surface area contributed by atoms with Gasteiger partial charge in [0, 0.05) is 6.54 Å². The zero-order valence-electron chi connectivity index (χ0n) is 12.7. The van der Waals surface area contributed by atoms with E-state index in [1.165, 1.54) is 0 Å². The Morgan fingerprint density at radius 2 is 2.05 bits per heavy atom. The number of benzene rings is 2. The van der Waals surface area contributed by atoms with Gasteiger partial charge in [0.2, 0.25) is 0 Å². The predicted molar refractivity (Wildman–Crippen MR) is 86.6 cm³/mol. The van der Waals surface area contributed by atoms with E-state index in [4.69, 9.17) is 4.74 Å². The smallest absolute Gasteiger partial charge is 0.319 e. The summed E-state index contributed by atoms with van der Waals surface area (Å²) in [6.45, 7) is 2.39. The minimum atomic E-state index is -0.344. The number of urea groups is 1. The molecule has 5 heteroatoms. The molecule has 0 bridgehead atoms. The number of phenolic OH excluding ortho intramolecular Hbond substituents is 1. The van der Waals surface area contributed by atoms with Gasteiger partial charge in [0.05, 0.1) is 12.8 Å². The van der Waals surface area contributed by atoms with Crippen LogP contribution < -0.4 is 15.4 Å². The molecule has 116 valence electrons. The van der Waals surface area contributed by atoms with E-state index in [1.807, 2.05) is 31.2 Å². The van der Waals surface area contributed by atoms with Crippen LogP contribution in [0.1, 0.15) is 11.1 Å². The average molecular weight is 300 g/mol. The van der Waals surface area contributed by atoms with Gasteiger partial charge in [0.25, 0.3) is 0 Å². The highest BCUT2D eigenvalue weighted by Crippen LogP contribution is 2.23. The molecule has 0 unspecified atom stereocenters. The lowest BCUT2D eigenvalue weighted by Gasteiger charge is -2.10. The van der Waals surface area contributed by atoms with Crippen molar-refractivity contribution in [3.63, 3.8) is 0 Å². The third-order valence-corrected chi connectivity index (χ3v) is 3.23. The van der Waals surface area contributed by atoms with E-state index >= 15 is 0 Å². The van der Waals surface area contributed by atoms with Crippen LogP contribution in [0.5, 0.6) is 11.5 Å². The Kier molecular flexibility index (Phi) is 5.25. The SMILES string of the molecule is COc1cccc(CCNC(=O)Nc2cc(C)ccc2O)c1. The summed E-state index contributed by atoms with van der Waals surface area (Å²) in [6, 6.07) is 12.4. The molecule has 0 aliphatic heterocycles. The summed E-state index contributed by atoms with van der Waals surface area (Å²) >= 11 is 0. The van der Waals surface area contributed by atoms with Gasteiger partial charge in [0.15, 0.2) is 0 Å². The second kappa shape index (κ2) is 7.36. The Balaban J connectivity index is 1.84. The van der Waals surface area contributed by atoms with Gasteiger partial charge < -0.3 is 20.5 Å². The standard InChI is InChI=1S/C17H20N2O3/c1-12-6-7-16(20)15(10-12)19-17(21)18-9-8-13-4-3-5-14(11-13)22-2/h3-7,10-11,20H,8-9H2,1-2H3,(H2,18,19,21). The maximum absolute atomic E-state index is 11.8. The molecule has 2 aromatic carbocycles. The van der Waals surface area contributed by atoms with E-state index in [0.717, 1.165) is 16.9 Å². The van der Waals surface area contributed by atoms with Crippen LogP contribution in [0.3, 0.4) is 0 Å². The van der Waals surface area contributed by atoms with Crippen molar-refractivity contribution in [1.29, 1.82) is 0 Å².